The van der Waals surface area contributed by atoms with Crippen molar-refractivity contribution in [3.8, 4) is 0 Å². The molecule has 1 aromatic rings. The van der Waals surface area contributed by atoms with Crippen molar-refractivity contribution in [2.45, 2.75) is 44.1 Å². The summed E-state index contributed by atoms with van der Waals surface area (Å²) < 4.78 is 0. The Morgan fingerprint density at radius 2 is 2.06 bits per heavy atom. The molecule has 1 aliphatic carbocycles. The predicted octanol–water partition coefficient (Wildman–Crippen LogP) is 1.44. The van der Waals surface area contributed by atoms with Crippen LogP contribution < -0.4 is 11.5 Å². The highest BCUT2D eigenvalue weighted by Gasteiger charge is 2.34. The Morgan fingerprint density at radius 1 is 1.35 bits per heavy atom. The molecule has 0 spiro atoms. The summed E-state index contributed by atoms with van der Waals surface area (Å²) in [4.78, 5) is 16.2. The Kier molecular flexibility index (Phi) is 3.43. The van der Waals surface area contributed by atoms with Gasteiger partial charge in [-0.2, -0.15) is 0 Å². The monoisotopic (exact) mass is 233 g/mol. The van der Waals surface area contributed by atoms with Gasteiger partial charge in [-0.15, -0.1) is 0 Å². The van der Waals surface area contributed by atoms with Gasteiger partial charge in [-0.1, -0.05) is 19.3 Å². The van der Waals surface area contributed by atoms with E-state index >= 15 is 0 Å². The van der Waals surface area contributed by atoms with Gasteiger partial charge in [0.2, 0.25) is 0 Å². The summed E-state index contributed by atoms with van der Waals surface area (Å²) in [6, 6.07) is 1.71. The average Bonchev–Trinajstić information content (AvgIpc) is 2.33. The molecule has 92 valence electrons. The predicted molar refractivity (Wildman–Crippen MR) is 67.4 cm³/mol. The number of anilines is 1. The largest absolute Gasteiger partial charge is 0.398 e. The van der Waals surface area contributed by atoms with Crippen LogP contribution in [0.15, 0.2) is 18.5 Å². The molecule has 0 aromatic carbocycles. The Balaban J connectivity index is 2.08. The number of nitrogen functional groups attached to an aromatic ring is 1. The van der Waals surface area contributed by atoms with Crippen LogP contribution in [-0.2, 0) is 11.2 Å². The van der Waals surface area contributed by atoms with Gasteiger partial charge in [0.1, 0.15) is 0 Å². The number of carbonyl (C=O) groups excluding carboxylic acids is 1. The maximum Gasteiger partial charge on any atom is 0.157 e. The van der Waals surface area contributed by atoms with Crippen molar-refractivity contribution in [1.82, 2.24) is 4.98 Å². The highest BCUT2D eigenvalue weighted by molar-refractivity contribution is 5.90. The highest BCUT2D eigenvalue weighted by atomic mass is 16.1. The van der Waals surface area contributed by atoms with Gasteiger partial charge in [-0.25, -0.2) is 0 Å². The van der Waals surface area contributed by atoms with Crippen molar-refractivity contribution in [2.75, 3.05) is 5.73 Å². The molecule has 4 nitrogen and oxygen atoms in total. The van der Waals surface area contributed by atoms with E-state index in [1.54, 1.807) is 18.5 Å². The number of aromatic nitrogens is 1. The first-order valence-corrected chi connectivity index (χ1v) is 6.12. The van der Waals surface area contributed by atoms with Gasteiger partial charge < -0.3 is 11.5 Å². The molecule has 17 heavy (non-hydrogen) atoms. The minimum atomic E-state index is -0.638. The molecule has 4 N–H and O–H groups in total. The maximum atomic E-state index is 12.2. The fraction of sp³-hybridized carbons (Fsp3) is 0.538. The van der Waals surface area contributed by atoms with Gasteiger partial charge in [0.05, 0.1) is 5.54 Å². The molecule has 2 rings (SSSR count). The lowest BCUT2D eigenvalue weighted by Crippen LogP contribution is -2.50. The molecule has 4 heteroatoms. The molecule has 1 aromatic heterocycles. The third kappa shape index (κ3) is 2.64. The third-order valence-electron chi connectivity index (χ3n) is 3.59. The van der Waals surface area contributed by atoms with Crippen LogP contribution in [0.2, 0.25) is 0 Å². The lowest BCUT2D eigenvalue weighted by atomic mass is 9.78. The minimum Gasteiger partial charge on any atom is -0.398 e. The van der Waals surface area contributed by atoms with Crippen molar-refractivity contribution in [3.63, 3.8) is 0 Å². The van der Waals surface area contributed by atoms with Crippen molar-refractivity contribution < 1.29 is 4.79 Å². The van der Waals surface area contributed by atoms with Gasteiger partial charge in [-0.05, 0) is 18.9 Å². The molecule has 0 saturated heterocycles. The van der Waals surface area contributed by atoms with Gasteiger partial charge >= 0.3 is 0 Å². The SMILES string of the molecule is Nc1ccncc1CC(=O)C1(N)CCCCC1. The summed E-state index contributed by atoms with van der Waals surface area (Å²) in [5.74, 6) is 0.0944. The van der Waals surface area contributed by atoms with Crippen LogP contribution in [0, 0.1) is 0 Å². The summed E-state index contributed by atoms with van der Waals surface area (Å²) in [6.45, 7) is 0. The number of pyridine rings is 1. The quantitative estimate of drug-likeness (QED) is 0.827. The Hall–Kier alpha value is -1.42. The van der Waals surface area contributed by atoms with Gasteiger partial charge in [0.25, 0.3) is 0 Å². The summed E-state index contributed by atoms with van der Waals surface area (Å²) in [6.07, 6.45) is 8.45. The number of nitrogens with two attached hydrogens (primary N) is 2. The molecule has 1 aliphatic rings. The van der Waals surface area contributed by atoms with E-state index in [0.717, 1.165) is 31.2 Å². The van der Waals surface area contributed by atoms with Crippen LogP contribution in [0.5, 0.6) is 0 Å². The normalized spacial score (nSPS) is 18.9. The molecular weight excluding hydrogens is 214 g/mol. The first-order chi connectivity index (χ1) is 8.12. The molecule has 0 radical (unpaired) electrons. The topological polar surface area (TPSA) is 82.0 Å². The summed E-state index contributed by atoms with van der Waals surface area (Å²) in [5.41, 5.74) is 12.8. The zero-order valence-corrected chi connectivity index (χ0v) is 9.98. The number of Topliss-reactive ketones (excluding diaryl/α,β-unsaturated/α-hetero) is 1. The summed E-state index contributed by atoms with van der Waals surface area (Å²) in [7, 11) is 0. The second kappa shape index (κ2) is 4.84. The van der Waals surface area contributed by atoms with Crippen LogP contribution in [0.25, 0.3) is 0 Å². The number of nitrogens with zero attached hydrogens (tertiary/aromatic N) is 1. The Morgan fingerprint density at radius 3 is 2.71 bits per heavy atom. The van der Waals surface area contributed by atoms with Crippen LogP contribution >= 0.6 is 0 Å². The number of hydrogen-bond acceptors (Lipinski definition) is 4. The molecule has 1 fully saturated rings. The molecule has 0 aliphatic heterocycles. The van der Waals surface area contributed by atoms with Gasteiger partial charge in [-0.3, -0.25) is 9.78 Å². The van der Waals surface area contributed by atoms with Crippen molar-refractivity contribution >= 4 is 11.5 Å². The smallest absolute Gasteiger partial charge is 0.157 e. The van der Waals surface area contributed by atoms with Crippen molar-refractivity contribution in [2.24, 2.45) is 5.73 Å². The molecule has 1 saturated carbocycles. The van der Waals surface area contributed by atoms with Gasteiger partial charge in [0, 0.05) is 30.1 Å². The second-order valence-corrected chi connectivity index (χ2v) is 4.89. The van der Waals surface area contributed by atoms with E-state index < -0.39 is 5.54 Å². The molecule has 0 unspecified atom stereocenters. The standard InChI is InChI=1S/C13H19N3O/c14-11-4-7-16-9-10(11)8-12(17)13(15)5-2-1-3-6-13/h4,7,9H,1-3,5-6,8,15H2,(H2,14,16). The lowest BCUT2D eigenvalue weighted by Gasteiger charge is -2.31. The summed E-state index contributed by atoms with van der Waals surface area (Å²) >= 11 is 0. The molecule has 0 bridgehead atoms. The molecular formula is C13H19N3O. The number of carbonyl (C=O) groups is 1. The van der Waals surface area contributed by atoms with E-state index in [1.165, 1.54) is 6.42 Å². The summed E-state index contributed by atoms with van der Waals surface area (Å²) in [5, 5.41) is 0. The third-order valence-corrected chi connectivity index (χ3v) is 3.59. The van der Waals surface area contributed by atoms with Crippen LogP contribution in [0.4, 0.5) is 5.69 Å². The Labute approximate surface area is 101 Å². The van der Waals surface area contributed by atoms with Crippen molar-refractivity contribution in [3.05, 3.63) is 24.0 Å². The van der Waals surface area contributed by atoms with Gasteiger partial charge in [0.15, 0.2) is 5.78 Å². The number of hydrogen-bond donors (Lipinski definition) is 2. The van der Waals surface area contributed by atoms with E-state index in [1.807, 2.05) is 0 Å². The minimum absolute atomic E-state index is 0.0944. The zero-order chi connectivity index (χ0) is 12.3. The van der Waals surface area contributed by atoms with Crippen LogP contribution in [0.3, 0.4) is 0 Å². The van der Waals surface area contributed by atoms with Crippen LogP contribution in [-0.4, -0.2) is 16.3 Å². The fourth-order valence-corrected chi connectivity index (χ4v) is 2.40. The second-order valence-electron chi connectivity index (χ2n) is 4.89. The molecule has 0 atom stereocenters. The lowest BCUT2D eigenvalue weighted by molar-refractivity contribution is -0.124. The Bertz CT molecular complexity index is 411. The molecule has 0 amide bonds. The highest BCUT2D eigenvalue weighted by Crippen LogP contribution is 2.28. The fourth-order valence-electron chi connectivity index (χ4n) is 2.40. The van der Waals surface area contributed by atoms with Crippen LogP contribution in [0.1, 0.15) is 37.7 Å². The van der Waals surface area contributed by atoms with E-state index in [9.17, 15) is 4.79 Å². The van der Waals surface area contributed by atoms with E-state index in [-0.39, 0.29) is 5.78 Å². The van der Waals surface area contributed by atoms with E-state index in [4.69, 9.17) is 11.5 Å². The first kappa shape index (κ1) is 12.0. The number of rotatable bonds is 3. The van der Waals surface area contributed by atoms with E-state index in [2.05, 4.69) is 4.98 Å². The molecule has 1 heterocycles. The van der Waals surface area contributed by atoms with E-state index in [0.29, 0.717) is 12.1 Å². The zero-order valence-electron chi connectivity index (χ0n) is 9.98. The van der Waals surface area contributed by atoms with Crippen molar-refractivity contribution in [1.29, 1.82) is 0 Å². The maximum absolute atomic E-state index is 12.2. The average molecular weight is 233 g/mol. The first-order valence-electron chi connectivity index (χ1n) is 6.12. The number of ketones is 1.